The minimum absolute atomic E-state index is 0.124. The Labute approximate surface area is 108 Å². The summed E-state index contributed by atoms with van der Waals surface area (Å²) in [6.07, 6.45) is 0.577. The van der Waals surface area contributed by atoms with E-state index in [1.165, 1.54) is 0 Å². The lowest BCUT2D eigenvalue weighted by Crippen LogP contribution is -2.36. The summed E-state index contributed by atoms with van der Waals surface area (Å²) >= 11 is 0. The lowest BCUT2D eigenvalue weighted by molar-refractivity contribution is 0.574. The standard InChI is InChI=1S/C13H16N2O2S/c1-10-3-4-12(11(7-10)8-14)15-13(2)5-6-18(16,17)9-13/h3-4,7,15H,5-6,9H2,1-2H3. The van der Waals surface area contributed by atoms with Crippen molar-refractivity contribution in [3.8, 4) is 6.07 Å². The van der Waals surface area contributed by atoms with E-state index in [1.807, 2.05) is 26.0 Å². The van der Waals surface area contributed by atoms with Gasteiger partial charge in [0, 0.05) is 5.54 Å². The van der Waals surface area contributed by atoms with Gasteiger partial charge in [-0.05, 0) is 38.0 Å². The van der Waals surface area contributed by atoms with Crippen LogP contribution in [0.3, 0.4) is 0 Å². The zero-order valence-electron chi connectivity index (χ0n) is 10.5. The predicted octanol–water partition coefficient (Wildman–Crippen LogP) is 1.86. The van der Waals surface area contributed by atoms with E-state index in [-0.39, 0.29) is 11.5 Å². The minimum Gasteiger partial charge on any atom is -0.378 e. The number of nitriles is 1. The quantitative estimate of drug-likeness (QED) is 0.885. The molecule has 0 amide bonds. The van der Waals surface area contributed by atoms with Gasteiger partial charge in [0.15, 0.2) is 9.84 Å². The third kappa shape index (κ3) is 2.65. The molecule has 0 aromatic heterocycles. The summed E-state index contributed by atoms with van der Waals surface area (Å²) in [7, 11) is -2.95. The molecular weight excluding hydrogens is 248 g/mol. The Kier molecular flexibility index (Phi) is 3.07. The summed E-state index contributed by atoms with van der Waals surface area (Å²) in [5.74, 6) is 0.336. The highest BCUT2D eigenvalue weighted by Gasteiger charge is 2.38. The van der Waals surface area contributed by atoms with Crippen molar-refractivity contribution >= 4 is 15.5 Å². The average Bonchev–Trinajstić information content (AvgIpc) is 2.56. The second-order valence-corrected chi connectivity index (χ2v) is 7.37. The van der Waals surface area contributed by atoms with Crippen LogP contribution < -0.4 is 5.32 Å². The molecule has 1 unspecified atom stereocenters. The van der Waals surface area contributed by atoms with Crippen LogP contribution in [0, 0.1) is 18.3 Å². The molecule has 1 aromatic carbocycles. The highest BCUT2D eigenvalue weighted by atomic mass is 32.2. The largest absolute Gasteiger partial charge is 0.378 e. The number of nitrogens with zero attached hydrogens (tertiary/aromatic N) is 1. The van der Waals surface area contributed by atoms with E-state index in [9.17, 15) is 8.42 Å². The molecule has 2 rings (SSSR count). The number of benzene rings is 1. The monoisotopic (exact) mass is 264 g/mol. The highest BCUT2D eigenvalue weighted by molar-refractivity contribution is 7.91. The van der Waals surface area contributed by atoms with Crippen LogP contribution in [0.25, 0.3) is 0 Å². The first kappa shape index (κ1) is 12.9. The zero-order valence-corrected chi connectivity index (χ0v) is 11.3. The number of aryl methyl sites for hydroxylation is 1. The van der Waals surface area contributed by atoms with Gasteiger partial charge in [-0.1, -0.05) is 6.07 Å². The molecule has 1 aliphatic rings. The normalized spacial score (nSPS) is 25.6. The summed E-state index contributed by atoms with van der Waals surface area (Å²) in [6.45, 7) is 3.81. The van der Waals surface area contributed by atoms with Crippen LogP contribution in [0.1, 0.15) is 24.5 Å². The van der Waals surface area contributed by atoms with E-state index in [0.717, 1.165) is 5.56 Å². The second kappa shape index (κ2) is 4.29. The molecule has 4 nitrogen and oxygen atoms in total. The van der Waals surface area contributed by atoms with E-state index < -0.39 is 15.4 Å². The van der Waals surface area contributed by atoms with Gasteiger partial charge in [-0.3, -0.25) is 0 Å². The van der Waals surface area contributed by atoms with Gasteiger partial charge in [0.25, 0.3) is 0 Å². The van der Waals surface area contributed by atoms with Crippen molar-refractivity contribution in [3.63, 3.8) is 0 Å². The molecule has 1 heterocycles. The van der Waals surface area contributed by atoms with E-state index in [2.05, 4.69) is 11.4 Å². The molecule has 1 aromatic rings. The number of hydrogen-bond donors (Lipinski definition) is 1. The Morgan fingerprint density at radius 2 is 2.17 bits per heavy atom. The first-order chi connectivity index (χ1) is 8.34. The number of nitrogens with one attached hydrogen (secondary N) is 1. The fourth-order valence-electron chi connectivity index (χ4n) is 2.29. The third-order valence-corrected chi connectivity index (χ3v) is 5.14. The van der Waals surface area contributed by atoms with E-state index >= 15 is 0 Å². The van der Waals surface area contributed by atoms with Crippen LogP contribution in [0.15, 0.2) is 18.2 Å². The molecule has 96 valence electrons. The maximum Gasteiger partial charge on any atom is 0.152 e. The van der Waals surface area contributed by atoms with Crippen LogP contribution in [0.4, 0.5) is 5.69 Å². The predicted molar refractivity (Wildman–Crippen MR) is 71.2 cm³/mol. The molecular formula is C13H16N2O2S. The summed E-state index contributed by atoms with van der Waals surface area (Å²) in [4.78, 5) is 0. The molecule has 0 spiro atoms. The molecule has 1 aliphatic heterocycles. The Hall–Kier alpha value is -1.54. The molecule has 5 heteroatoms. The Bertz CT molecular complexity index is 616. The lowest BCUT2D eigenvalue weighted by Gasteiger charge is -2.26. The number of anilines is 1. The Balaban J connectivity index is 2.28. The molecule has 0 bridgehead atoms. The van der Waals surface area contributed by atoms with Gasteiger partial charge in [-0.15, -0.1) is 0 Å². The first-order valence-corrected chi connectivity index (χ1v) is 7.65. The Morgan fingerprint density at radius 3 is 2.72 bits per heavy atom. The van der Waals surface area contributed by atoms with Gasteiger partial charge < -0.3 is 5.32 Å². The van der Waals surface area contributed by atoms with Gasteiger partial charge in [-0.25, -0.2) is 8.42 Å². The number of hydrogen-bond acceptors (Lipinski definition) is 4. The van der Waals surface area contributed by atoms with Crippen molar-refractivity contribution in [1.29, 1.82) is 5.26 Å². The van der Waals surface area contributed by atoms with Crippen LogP contribution in [0.2, 0.25) is 0 Å². The maximum atomic E-state index is 11.5. The SMILES string of the molecule is Cc1ccc(NC2(C)CCS(=O)(=O)C2)c(C#N)c1. The van der Waals surface area contributed by atoms with Crippen molar-refractivity contribution in [1.82, 2.24) is 0 Å². The summed E-state index contributed by atoms with van der Waals surface area (Å²) in [5.41, 5.74) is 1.81. The van der Waals surface area contributed by atoms with E-state index in [1.54, 1.807) is 6.07 Å². The third-order valence-electron chi connectivity index (χ3n) is 3.24. The molecule has 1 fully saturated rings. The van der Waals surface area contributed by atoms with E-state index in [0.29, 0.717) is 17.7 Å². The van der Waals surface area contributed by atoms with Crippen LogP contribution >= 0.6 is 0 Å². The van der Waals surface area contributed by atoms with Crippen LogP contribution in [0.5, 0.6) is 0 Å². The van der Waals surface area contributed by atoms with Gasteiger partial charge >= 0.3 is 0 Å². The first-order valence-electron chi connectivity index (χ1n) is 5.83. The second-order valence-electron chi connectivity index (χ2n) is 5.19. The van der Waals surface area contributed by atoms with Gasteiger partial charge in [0.1, 0.15) is 6.07 Å². The molecule has 1 saturated heterocycles. The van der Waals surface area contributed by atoms with Crippen molar-refractivity contribution in [2.24, 2.45) is 0 Å². The number of rotatable bonds is 2. The smallest absolute Gasteiger partial charge is 0.152 e. The summed E-state index contributed by atoms with van der Waals surface area (Å²) in [6, 6.07) is 7.69. The fraction of sp³-hybridized carbons (Fsp3) is 0.462. The molecule has 1 N–H and O–H groups in total. The van der Waals surface area contributed by atoms with Gasteiger partial charge in [-0.2, -0.15) is 5.26 Å². The molecule has 0 radical (unpaired) electrons. The minimum atomic E-state index is -2.95. The average molecular weight is 264 g/mol. The number of sulfone groups is 1. The van der Waals surface area contributed by atoms with Crippen molar-refractivity contribution in [3.05, 3.63) is 29.3 Å². The van der Waals surface area contributed by atoms with Crippen LogP contribution in [-0.2, 0) is 9.84 Å². The van der Waals surface area contributed by atoms with Crippen molar-refractivity contribution in [2.75, 3.05) is 16.8 Å². The van der Waals surface area contributed by atoms with Gasteiger partial charge in [0.05, 0.1) is 22.8 Å². The van der Waals surface area contributed by atoms with Crippen LogP contribution in [-0.4, -0.2) is 25.5 Å². The Morgan fingerprint density at radius 1 is 1.44 bits per heavy atom. The lowest BCUT2D eigenvalue weighted by atomic mass is 10.00. The topological polar surface area (TPSA) is 70.0 Å². The zero-order chi connectivity index (χ0) is 13.4. The van der Waals surface area contributed by atoms with Gasteiger partial charge in [0.2, 0.25) is 0 Å². The highest BCUT2D eigenvalue weighted by Crippen LogP contribution is 2.29. The summed E-state index contributed by atoms with van der Waals surface area (Å²) < 4.78 is 23.1. The van der Waals surface area contributed by atoms with Crippen molar-refractivity contribution in [2.45, 2.75) is 25.8 Å². The fourth-order valence-corrected chi connectivity index (χ4v) is 4.39. The van der Waals surface area contributed by atoms with E-state index in [4.69, 9.17) is 5.26 Å². The molecule has 0 aliphatic carbocycles. The maximum absolute atomic E-state index is 11.5. The molecule has 18 heavy (non-hydrogen) atoms. The summed E-state index contributed by atoms with van der Waals surface area (Å²) in [5, 5.41) is 12.3. The van der Waals surface area contributed by atoms with Crippen molar-refractivity contribution < 1.29 is 8.42 Å². The molecule has 0 saturated carbocycles. The molecule has 1 atom stereocenters.